The van der Waals surface area contributed by atoms with Crippen LogP contribution in [0.4, 0.5) is 0 Å². The number of hydrazone groups is 1. The summed E-state index contributed by atoms with van der Waals surface area (Å²) < 4.78 is 25.0. The van der Waals surface area contributed by atoms with Crippen LogP contribution in [-0.4, -0.2) is 47.1 Å². The molecule has 1 saturated heterocycles. The lowest BCUT2D eigenvalue weighted by Crippen LogP contribution is -2.40. The molecule has 1 fully saturated rings. The van der Waals surface area contributed by atoms with Crippen molar-refractivity contribution in [3.05, 3.63) is 71.9 Å². The molecule has 0 aliphatic carbocycles. The molecule has 0 spiro atoms. The minimum Gasteiger partial charge on any atom is -0.358 e. The molecule has 9 heteroatoms. The molecule has 1 aromatic heterocycles. The molecule has 1 aliphatic rings. The van der Waals surface area contributed by atoms with E-state index < -0.39 is 9.84 Å². The van der Waals surface area contributed by atoms with Crippen molar-refractivity contribution in [3.63, 3.8) is 0 Å². The number of sulfone groups is 1. The van der Waals surface area contributed by atoms with Crippen molar-refractivity contribution >= 4 is 33.4 Å². The van der Waals surface area contributed by atoms with Crippen LogP contribution in [0, 0.1) is 6.92 Å². The Hall–Kier alpha value is -3.04. The van der Waals surface area contributed by atoms with Gasteiger partial charge in [0.15, 0.2) is 14.9 Å². The first kappa shape index (κ1) is 21.2. The molecular weight excluding hydrogens is 430 g/mol. The summed E-state index contributed by atoms with van der Waals surface area (Å²) in [7, 11) is -2.97. The molecule has 160 valence electrons. The third-order valence-electron chi connectivity index (χ3n) is 5.03. The molecule has 0 unspecified atom stereocenters. The fourth-order valence-electron chi connectivity index (χ4n) is 3.42. The molecule has 1 atom stereocenters. The van der Waals surface area contributed by atoms with E-state index in [0.29, 0.717) is 11.5 Å². The maximum Gasteiger partial charge on any atom is 0.187 e. The Morgan fingerprint density at radius 1 is 1.19 bits per heavy atom. The van der Waals surface area contributed by atoms with Crippen LogP contribution in [0.15, 0.2) is 65.9 Å². The van der Waals surface area contributed by atoms with Crippen molar-refractivity contribution in [2.24, 2.45) is 5.10 Å². The number of aryl methyl sites for hydroxylation is 1. The molecule has 2 aromatic carbocycles. The van der Waals surface area contributed by atoms with Gasteiger partial charge in [0.2, 0.25) is 0 Å². The van der Waals surface area contributed by atoms with Gasteiger partial charge in [0.1, 0.15) is 5.69 Å². The van der Waals surface area contributed by atoms with Gasteiger partial charge in [-0.2, -0.15) is 10.2 Å². The number of aromatic nitrogens is 2. The van der Waals surface area contributed by atoms with Crippen LogP contribution in [-0.2, 0) is 9.84 Å². The lowest BCUT2D eigenvalue weighted by Gasteiger charge is -2.11. The van der Waals surface area contributed by atoms with Gasteiger partial charge in [0.05, 0.1) is 23.4 Å². The number of para-hydroxylation sites is 1. The predicted octanol–water partition coefficient (Wildman–Crippen LogP) is 2.83. The molecule has 0 radical (unpaired) electrons. The van der Waals surface area contributed by atoms with Crippen molar-refractivity contribution < 1.29 is 8.42 Å². The van der Waals surface area contributed by atoms with E-state index in [-0.39, 0.29) is 17.5 Å². The molecule has 0 bridgehead atoms. The minimum absolute atomic E-state index is 0.0972. The second-order valence-corrected chi connectivity index (χ2v) is 10.2. The molecule has 0 saturated carbocycles. The van der Waals surface area contributed by atoms with Gasteiger partial charge in [-0.15, -0.1) is 0 Å². The Morgan fingerprint density at radius 3 is 2.61 bits per heavy atom. The van der Waals surface area contributed by atoms with E-state index in [2.05, 4.69) is 15.8 Å². The van der Waals surface area contributed by atoms with Gasteiger partial charge in [0, 0.05) is 23.4 Å². The van der Waals surface area contributed by atoms with Gasteiger partial charge in [-0.25, -0.2) is 13.1 Å². The van der Waals surface area contributed by atoms with Crippen LogP contribution >= 0.6 is 12.2 Å². The Bertz CT molecular complexity index is 1200. The summed E-state index contributed by atoms with van der Waals surface area (Å²) >= 11 is 5.25. The summed E-state index contributed by atoms with van der Waals surface area (Å²) in [6.45, 7) is 2.04. The molecule has 31 heavy (non-hydrogen) atoms. The maximum atomic E-state index is 11.6. The highest BCUT2D eigenvalue weighted by Crippen LogP contribution is 2.23. The summed E-state index contributed by atoms with van der Waals surface area (Å²) in [5.74, 6) is 0.287. The quantitative estimate of drug-likeness (QED) is 0.351. The van der Waals surface area contributed by atoms with Gasteiger partial charge in [-0.3, -0.25) is 5.43 Å². The lowest BCUT2D eigenvalue weighted by molar-refractivity contribution is 0.600. The van der Waals surface area contributed by atoms with E-state index in [4.69, 9.17) is 17.3 Å². The fraction of sp³-hybridized carbons (Fsp3) is 0.227. The van der Waals surface area contributed by atoms with Crippen LogP contribution in [0.2, 0.25) is 0 Å². The molecule has 4 rings (SSSR count). The number of thiocarbonyl (C=S) groups is 1. The second kappa shape index (κ2) is 8.99. The van der Waals surface area contributed by atoms with E-state index >= 15 is 0 Å². The van der Waals surface area contributed by atoms with E-state index in [1.807, 2.05) is 72.4 Å². The zero-order valence-corrected chi connectivity index (χ0v) is 18.7. The molecule has 7 nitrogen and oxygen atoms in total. The summed E-state index contributed by atoms with van der Waals surface area (Å²) in [5, 5.41) is 12.3. The lowest BCUT2D eigenvalue weighted by atomic mass is 10.1. The Kier molecular flexibility index (Phi) is 6.15. The van der Waals surface area contributed by atoms with Gasteiger partial charge in [-0.1, -0.05) is 48.0 Å². The average molecular weight is 454 g/mol. The maximum absolute atomic E-state index is 11.6. The third kappa shape index (κ3) is 5.36. The number of benzene rings is 2. The number of rotatable bonds is 5. The first-order valence-electron chi connectivity index (χ1n) is 9.92. The molecule has 1 aliphatic heterocycles. The van der Waals surface area contributed by atoms with Crippen LogP contribution in [0.25, 0.3) is 16.9 Å². The zero-order chi connectivity index (χ0) is 21.8. The van der Waals surface area contributed by atoms with E-state index in [1.165, 1.54) is 5.56 Å². The van der Waals surface area contributed by atoms with E-state index in [0.717, 1.165) is 22.5 Å². The van der Waals surface area contributed by atoms with Crippen LogP contribution in [0.1, 0.15) is 17.5 Å². The standard InChI is InChI=1S/C22H23N5O2S2/c1-16-7-9-17(10-8-16)21-18(14-27(26-21)20-5-3-2-4-6-20)13-23-25-22(30)24-19-11-12-31(28,29)15-19/h2-10,13-14,19H,11-12,15H2,1H3,(H2,24,25,30)/b23-13-/t19-/m1/s1. The first-order chi connectivity index (χ1) is 14.9. The van der Waals surface area contributed by atoms with Crippen LogP contribution in [0.5, 0.6) is 0 Å². The number of nitrogens with zero attached hydrogens (tertiary/aromatic N) is 3. The fourth-order valence-corrected chi connectivity index (χ4v) is 5.31. The zero-order valence-electron chi connectivity index (χ0n) is 17.0. The largest absolute Gasteiger partial charge is 0.358 e. The smallest absolute Gasteiger partial charge is 0.187 e. The molecular formula is C22H23N5O2S2. The molecule has 2 N–H and O–H groups in total. The normalized spacial score (nSPS) is 17.6. The van der Waals surface area contributed by atoms with Gasteiger partial charge in [-0.05, 0) is 37.7 Å². The Labute approximate surface area is 187 Å². The van der Waals surface area contributed by atoms with Crippen LogP contribution < -0.4 is 10.7 Å². The Morgan fingerprint density at radius 2 is 1.94 bits per heavy atom. The average Bonchev–Trinajstić information content (AvgIpc) is 3.32. The van der Waals surface area contributed by atoms with Crippen molar-refractivity contribution in [2.45, 2.75) is 19.4 Å². The van der Waals surface area contributed by atoms with Crippen LogP contribution in [0.3, 0.4) is 0 Å². The van der Waals surface area contributed by atoms with Crippen molar-refractivity contribution in [1.82, 2.24) is 20.5 Å². The summed E-state index contributed by atoms with van der Waals surface area (Å²) in [5.41, 5.74) is 7.51. The summed E-state index contributed by atoms with van der Waals surface area (Å²) in [4.78, 5) is 0. The van der Waals surface area contributed by atoms with Gasteiger partial charge >= 0.3 is 0 Å². The number of nitrogens with one attached hydrogen (secondary N) is 2. The molecule has 0 amide bonds. The Balaban J connectivity index is 1.53. The van der Waals surface area contributed by atoms with Gasteiger partial charge in [0.25, 0.3) is 0 Å². The summed E-state index contributed by atoms with van der Waals surface area (Å²) in [6, 6.07) is 17.8. The molecule has 2 heterocycles. The monoisotopic (exact) mass is 453 g/mol. The second-order valence-electron chi connectivity index (χ2n) is 7.52. The third-order valence-corrected chi connectivity index (χ3v) is 7.00. The van der Waals surface area contributed by atoms with Gasteiger partial charge < -0.3 is 5.32 Å². The topological polar surface area (TPSA) is 88.4 Å². The summed E-state index contributed by atoms with van der Waals surface area (Å²) in [6.07, 6.45) is 4.13. The molecule has 3 aromatic rings. The minimum atomic E-state index is -2.97. The van der Waals surface area contributed by atoms with Crippen molar-refractivity contribution in [3.8, 4) is 16.9 Å². The highest BCUT2D eigenvalue weighted by atomic mass is 32.2. The first-order valence-corrected chi connectivity index (χ1v) is 12.1. The highest BCUT2D eigenvalue weighted by Gasteiger charge is 2.28. The SMILES string of the molecule is Cc1ccc(-c2nn(-c3ccccc3)cc2/C=N\NC(=S)N[C@@H]2CCS(=O)(=O)C2)cc1. The van der Waals surface area contributed by atoms with E-state index in [9.17, 15) is 8.42 Å². The highest BCUT2D eigenvalue weighted by molar-refractivity contribution is 7.91. The predicted molar refractivity (Wildman–Crippen MR) is 127 cm³/mol. The number of hydrogen-bond donors (Lipinski definition) is 2. The van der Waals surface area contributed by atoms with E-state index in [1.54, 1.807) is 6.21 Å². The van der Waals surface area contributed by atoms with Crippen molar-refractivity contribution in [1.29, 1.82) is 0 Å². The van der Waals surface area contributed by atoms with Crippen molar-refractivity contribution in [2.75, 3.05) is 11.5 Å². The number of hydrogen-bond acceptors (Lipinski definition) is 5.